The molecule has 22 heavy (non-hydrogen) atoms. The summed E-state index contributed by atoms with van der Waals surface area (Å²) < 4.78 is 0. The molecule has 0 spiro atoms. The van der Waals surface area contributed by atoms with Gasteiger partial charge in [0.25, 0.3) is 0 Å². The Balaban J connectivity index is 1.40. The molecule has 5 heteroatoms. The number of nitrogens with one attached hydrogen (secondary N) is 1. The van der Waals surface area contributed by atoms with Crippen molar-refractivity contribution >= 4 is 23.1 Å². The van der Waals surface area contributed by atoms with E-state index in [2.05, 4.69) is 40.8 Å². The maximum absolute atomic E-state index is 12.1. The summed E-state index contributed by atoms with van der Waals surface area (Å²) in [5.74, 6) is 0. The van der Waals surface area contributed by atoms with E-state index in [-0.39, 0.29) is 6.03 Å². The van der Waals surface area contributed by atoms with Crippen LogP contribution in [0.15, 0.2) is 47.8 Å². The van der Waals surface area contributed by atoms with E-state index >= 15 is 0 Å². The van der Waals surface area contributed by atoms with Crippen LogP contribution in [0, 0.1) is 0 Å². The van der Waals surface area contributed by atoms with Crippen molar-refractivity contribution in [2.45, 2.75) is 12.5 Å². The highest BCUT2D eigenvalue weighted by molar-refractivity contribution is 7.09. The number of carbonyl (C=O) groups is 1. The van der Waals surface area contributed by atoms with Crippen LogP contribution in [0.1, 0.15) is 4.88 Å². The van der Waals surface area contributed by atoms with E-state index in [0.717, 1.165) is 19.5 Å². The molecule has 0 aliphatic carbocycles. The quantitative estimate of drug-likeness (QED) is 0.921. The number of carbonyl (C=O) groups excluding carboxylic acids is 1. The lowest BCUT2D eigenvalue weighted by Crippen LogP contribution is -2.62. The minimum absolute atomic E-state index is 0.0502. The summed E-state index contributed by atoms with van der Waals surface area (Å²) in [4.78, 5) is 17.5. The average Bonchev–Trinajstić information content (AvgIpc) is 3.00. The summed E-state index contributed by atoms with van der Waals surface area (Å²) in [5.41, 5.74) is 1.20. The lowest BCUT2D eigenvalue weighted by molar-refractivity contribution is 0.151. The van der Waals surface area contributed by atoms with Crippen molar-refractivity contribution in [2.24, 2.45) is 0 Å². The van der Waals surface area contributed by atoms with Crippen molar-refractivity contribution in [3.8, 4) is 0 Å². The number of thiophene rings is 1. The SMILES string of the molecule is CN(c1ccccc1)C1CN(C(=O)NCCc2cccs2)C1. The van der Waals surface area contributed by atoms with Crippen LogP contribution in [0.3, 0.4) is 0 Å². The molecule has 0 bridgehead atoms. The Morgan fingerprint density at radius 3 is 2.73 bits per heavy atom. The van der Waals surface area contributed by atoms with Gasteiger partial charge in [0.05, 0.1) is 6.04 Å². The Kier molecular flexibility index (Phi) is 4.63. The predicted octanol–water partition coefficient (Wildman–Crippen LogP) is 2.82. The number of likely N-dealkylation sites (N-methyl/N-ethyl adjacent to an activating group) is 1. The molecule has 1 N–H and O–H groups in total. The molecular formula is C17H21N3OS. The minimum atomic E-state index is 0.0502. The zero-order chi connectivity index (χ0) is 15.4. The predicted molar refractivity (Wildman–Crippen MR) is 91.6 cm³/mol. The maximum atomic E-state index is 12.1. The van der Waals surface area contributed by atoms with Gasteiger partial charge in [-0.15, -0.1) is 11.3 Å². The van der Waals surface area contributed by atoms with Crippen LogP contribution in [0.5, 0.6) is 0 Å². The van der Waals surface area contributed by atoms with Gasteiger partial charge in [0.2, 0.25) is 0 Å². The van der Waals surface area contributed by atoms with Crippen molar-refractivity contribution in [2.75, 3.05) is 31.6 Å². The van der Waals surface area contributed by atoms with E-state index in [0.29, 0.717) is 12.6 Å². The second-order valence-electron chi connectivity index (χ2n) is 5.57. The first kappa shape index (κ1) is 14.9. The fraction of sp³-hybridized carbons (Fsp3) is 0.353. The zero-order valence-electron chi connectivity index (χ0n) is 12.7. The molecule has 1 aromatic heterocycles. The summed E-state index contributed by atoms with van der Waals surface area (Å²) in [6, 6.07) is 14.9. The summed E-state index contributed by atoms with van der Waals surface area (Å²) in [5, 5.41) is 5.06. The first-order chi connectivity index (χ1) is 10.7. The molecule has 1 aromatic carbocycles. The van der Waals surface area contributed by atoms with Gasteiger partial charge >= 0.3 is 6.03 Å². The van der Waals surface area contributed by atoms with Crippen LogP contribution in [0.2, 0.25) is 0 Å². The van der Waals surface area contributed by atoms with Crippen LogP contribution in [0.25, 0.3) is 0 Å². The molecule has 4 nitrogen and oxygen atoms in total. The molecule has 1 aliphatic heterocycles. The van der Waals surface area contributed by atoms with E-state index < -0.39 is 0 Å². The first-order valence-corrected chi connectivity index (χ1v) is 8.45. The van der Waals surface area contributed by atoms with Crippen LogP contribution in [-0.4, -0.2) is 43.7 Å². The van der Waals surface area contributed by atoms with Gasteiger partial charge in [-0.2, -0.15) is 0 Å². The molecule has 0 radical (unpaired) electrons. The molecule has 0 unspecified atom stereocenters. The van der Waals surface area contributed by atoms with Gasteiger partial charge < -0.3 is 15.1 Å². The van der Waals surface area contributed by atoms with Crippen LogP contribution >= 0.6 is 11.3 Å². The van der Waals surface area contributed by atoms with E-state index in [4.69, 9.17) is 0 Å². The number of hydrogen-bond donors (Lipinski definition) is 1. The number of benzene rings is 1. The standard InChI is InChI=1S/C17H21N3OS/c1-19(14-6-3-2-4-7-14)15-12-20(13-15)17(21)18-10-9-16-8-5-11-22-16/h2-8,11,15H,9-10,12-13H2,1H3,(H,18,21). The zero-order valence-corrected chi connectivity index (χ0v) is 13.6. The largest absolute Gasteiger partial charge is 0.368 e. The van der Waals surface area contributed by atoms with Crippen molar-refractivity contribution in [3.05, 3.63) is 52.7 Å². The Labute approximate surface area is 135 Å². The Morgan fingerprint density at radius 2 is 2.05 bits per heavy atom. The number of para-hydroxylation sites is 1. The summed E-state index contributed by atoms with van der Waals surface area (Å²) in [6.45, 7) is 2.28. The van der Waals surface area contributed by atoms with Gasteiger partial charge in [0, 0.05) is 37.2 Å². The smallest absolute Gasteiger partial charge is 0.317 e. The third kappa shape index (κ3) is 3.42. The van der Waals surface area contributed by atoms with Gasteiger partial charge in [-0.25, -0.2) is 4.79 Å². The molecule has 2 heterocycles. The van der Waals surface area contributed by atoms with E-state index in [1.54, 1.807) is 11.3 Å². The fourth-order valence-corrected chi connectivity index (χ4v) is 3.31. The molecule has 2 amide bonds. The average molecular weight is 315 g/mol. The molecule has 2 aromatic rings. The van der Waals surface area contributed by atoms with Crippen LogP contribution in [-0.2, 0) is 6.42 Å². The Bertz CT molecular complexity index is 594. The highest BCUT2D eigenvalue weighted by Gasteiger charge is 2.33. The fourth-order valence-electron chi connectivity index (χ4n) is 2.60. The lowest BCUT2D eigenvalue weighted by atomic mass is 10.1. The number of amides is 2. The Morgan fingerprint density at radius 1 is 1.27 bits per heavy atom. The number of rotatable bonds is 5. The molecule has 1 saturated heterocycles. The van der Waals surface area contributed by atoms with Gasteiger partial charge in [0.15, 0.2) is 0 Å². The highest BCUT2D eigenvalue weighted by atomic mass is 32.1. The summed E-state index contributed by atoms with van der Waals surface area (Å²) >= 11 is 1.73. The lowest BCUT2D eigenvalue weighted by Gasteiger charge is -2.44. The number of urea groups is 1. The number of hydrogen-bond acceptors (Lipinski definition) is 3. The van der Waals surface area contributed by atoms with Crippen molar-refractivity contribution < 1.29 is 4.79 Å². The van der Waals surface area contributed by atoms with Gasteiger partial charge in [-0.05, 0) is 30.0 Å². The second-order valence-corrected chi connectivity index (χ2v) is 6.60. The molecular weight excluding hydrogens is 294 g/mol. The van der Waals surface area contributed by atoms with Crippen molar-refractivity contribution in [1.29, 1.82) is 0 Å². The van der Waals surface area contributed by atoms with Gasteiger partial charge in [-0.3, -0.25) is 0 Å². The third-order valence-corrected chi connectivity index (χ3v) is 5.02. The van der Waals surface area contributed by atoms with E-state index in [9.17, 15) is 4.79 Å². The van der Waals surface area contributed by atoms with Gasteiger partial charge in [-0.1, -0.05) is 24.3 Å². The highest BCUT2D eigenvalue weighted by Crippen LogP contribution is 2.20. The molecule has 1 fully saturated rings. The van der Waals surface area contributed by atoms with Crippen LogP contribution < -0.4 is 10.2 Å². The third-order valence-electron chi connectivity index (χ3n) is 4.09. The topological polar surface area (TPSA) is 35.6 Å². The van der Waals surface area contributed by atoms with E-state index in [1.807, 2.05) is 29.2 Å². The molecule has 0 saturated carbocycles. The maximum Gasteiger partial charge on any atom is 0.317 e. The molecule has 116 valence electrons. The van der Waals surface area contributed by atoms with E-state index in [1.165, 1.54) is 10.6 Å². The van der Waals surface area contributed by atoms with Crippen LogP contribution in [0.4, 0.5) is 10.5 Å². The first-order valence-electron chi connectivity index (χ1n) is 7.57. The number of anilines is 1. The van der Waals surface area contributed by atoms with Crippen molar-refractivity contribution in [3.63, 3.8) is 0 Å². The van der Waals surface area contributed by atoms with Crippen molar-refractivity contribution in [1.82, 2.24) is 10.2 Å². The summed E-state index contributed by atoms with van der Waals surface area (Å²) in [6.07, 6.45) is 0.907. The second kappa shape index (κ2) is 6.83. The Hall–Kier alpha value is -2.01. The molecule has 0 atom stereocenters. The molecule has 3 rings (SSSR count). The summed E-state index contributed by atoms with van der Waals surface area (Å²) in [7, 11) is 2.09. The minimum Gasteiger partial charge on any atom is -0.368 e. The normalized spacial score (nSPS) is 14.5. The number of likely N-dealkylation sites (tertiary alicyclic amines) is 1. The molecule has 1 aliphatic rings. The monoisotopic (exact) mass is 315 g/mol. The number of nitrogens with zero attached hydrogens (tertiary/aromatic N) is 2. The van der Waals surface area contributed by atoms with Gasteiger partial charge in [0.1, 0.15) is 0 Å².